The van der Waals surface area contributed by atoms with E-state index in [2.05, 4.69) is 40.0 Å². The summed E-state index contributed by atoms with van der Waals surface area (Å²) in [6, 6.07) is 6.35. The number of aromatic amines is 1. The van der Waals surface area contributed by atoms with Gasteiger partial charge in [0, 0.05) is 13.7 Å². The van der Waals surface area contributed by atoms with Crippen LogP contribution in [-0.4, -0.2) is 41.7 Å². The normalized spacial score (nSPS) is 20.4. The first-order valence-electron chi connectivity index (χ1n) is 6.91. The van der Waals surface area contributed by atoms with Crippen molar-refractivity contribution in [2.75, 3.05) is 26.8 Å². The molecule has 0 bridgehead atoms. The van der Waals surface area contributed by atoms with Crippen LogP contribution in [0.25, 0.3) is 11.0 Å². The zero-order chi connectivity index (χ0) is 13.2. The van der Waals surface area contributed by atoms with Gasteiger partial charge in [-0.1, -0.05) is 6.07 Å². The molecule has 1 fully saturated rings. The molecule has 1 atom stereocenters. The molecule has 1 aliphatic heterocycles. The quantitative estimate of drug-likeness (QED) is 0.916. The van der Waals surface area contributed by atoms with Crippen molar-refractivity contribution in [1.82, 2.24) is 14.9 Å². The number of nitrogens with zero attached hydrogens (tertiary/aromatic N) is 2. The monoisotopic (exact) mass is 259 g/mol. The molecule has 3 rings (SSSR count). The molecule has 0 spiro atoms. The summed E-state index contributed by atoms with van der Waals surface area (Å²) in [5.41, 5.74) is 3.47. The Morgan fingerprint density at radius 3 is 3.21 bits per heavy atom. The molecule has 102 valence electrons. The number of rotatable bonds is 4. The zero-order valence-electron chi connectivity index (χ0n) is 11.6. The van der Waals surface area contributed by atoms with E-state index in [1.165, 1.54) is 12.0 Å². The lowest BCUT2D eigenvalue weighted by Crippen LogP contribution is -2.21. The predicted molar refractivity (Wildman–Crippen MR) is 76.1 cm³/mol. The van der Waals surface area contributed by atoms with Gasteiger partial charge in [0.2, 0.25) is 0 Å². The van der Waals surface area contributed by atoms with Gasteiger partial charge in [-0.3, -0.25) is 4.90 Å². The molecule has 0 amide bonds. The molecule has 1 aliphatic rings. The van der Waals surface area contributed by atoms with Gasteiger partial charge in [0.25, 0.3) is 0 Å². The Morgan fingerprint density at radius 2 is 2.37 bits per heavy atom. The maximum Gasteiger partial charge on any atom is 0.121 e. The first-order valence-corrected chi connectivity index (χ1v) is 6.91. The van der Waals surface area contributed by atoms with E-state index in [1.54, 1.807) is 7.11 Å². The number of H-pyrrole nitrogens is 1. The summed E-state index contributed by atoms with van der Waals surface area (Å²) in [4.78, 5) is 10.5. The largest absolute Gasteiger partial charge is 0.384 e. The van der Waals surface area contributed by atoms with Gasteiger partial charge >= 0.3 is 0 Å². The Labute approximate surface area is 113 Å². The molecule has 2 aromatic rings. The van der Waals surface area contributed by atoms with Crippen LogP contribution >= 0.6 is 0 Å². The van der Waals surface area contributed by atoms with Crippen LogP contribution in [0.1, 0.15) is 17.8 Å². The average Bonchev–Trinajstić information content (AvgIpc) is 2.96. The summed E-state index contributed by atoms with van der Waals surface area (Å²) in [6.45, 7) is 6.15. The van der Waals surface area contributed by atoms with Gasteiger partial charge in [0.1, 0.15) is 5.82 Å². The van der Waals surface area contributed by atoms with E-state index in [9.17, 15) is 0 Å². The number of nitrogens with one attached hydrogen (secondary N) is 1. The highest BCUT2D eigenvalue weighted by Crippen LogP contribution is 2.19. The van der Waals surface area contributed by atoms with Crippen LogP contribution < -0.4 is 0 Å². The van der Waals surface area contributed by atoms with Crippen molar-refractivity contribution in [2.24, 2.45) is 5.92 Å². The molecule has 1 N–H and O–H groups in total. The van der Waals surface area contributed by atoms with Gasteiger partial charge in [0.15, 0.2) is 0 Å². The van der Waals surface area contributed by atoms with E-state index in [0.717, 1.165) is 43.1 Å². The van der Waals surface area contributed by atoms with Crippen molar-refractivity contribution < 1.29 is 4.74 Å². The first kappa shape index (κ1) is 12.6. The maximum absolute atomic E-state index is 5.24. The van der Waals surface area contributed by atoms with Gasteiger partial charge in [-0.2, -0.15) is 0 Å². The molecule has 19 heavy (non-hydrogen) atoms. The lowest BCUT2D eigenvalue weighted by Gasteiger charge is -2.13. The number of likely N-dealkylation sites (tertiary alicyclic amines) is 1. The Bertz CT molecular complexity index is 564. The van der Waals surface area contributed by atoms with Crippen LogP contribution in [0.3, 0.4) is 0 Å². The highest BCUT2D eigenvalue weighted by atomic mass is 16.5. The summed E-state index contributed by atoms with van der Waals surface area (Å²) in [7, 11) is 1.78. The second-order valence-electron chi connectivity index (χ2n) is 5.55. The van der Waals surface area contributed by atoms with Gasteiger partial charge in [-0.05, 0) is 43.5 Å². The Hall–Kier alpha value is -1.39. The number of hydrogen-bond donors (Lipinski definition) is 1. The molecule has 0 radical (unpaired) electrons. The summed E-state index contributed by atoms with van der Waals surface area (Å²) >= 11 is 0. The molecule has 4 nitrogen and oxygen atoms in total. The first-order chi connectivity index (χ1) is 9.24. The summed E-state index contributed by atoms with van der Waals surface area (Å²) in [5, 5.41) is 0. The average molecular weight is 259 g/mol. The van der Waals surface area contributed by atoms with Gasteiger partial charge in [-0.25, -0.2) is 4.98 Å². The third kappa shape index (κ3) is 2.80. The van der Waals surface area contributed by atoms with Crippen molar-refractivity contribution in [2.45, 2.75) is 19.9 Å². The van der Waals surface area contributed by atoms with E-state index in [4.69, 9.17) is 4.74 Å². The minimum atomic E-state index is 0.677. The summed E-state index contributed by atoms with van der Waals surface area (Å²) in [6.07, 6.45) is 1.23. The number of ether oxygens (including phenoxy) is 1. The lowest BCUT2D eigenvalue weighted by atomic mass is 10.1. The molecule has 1 aromatic heterocycles. The molecule has 1 saturated heterocycles. The third-order valence-electron chi connectivity index (χ3n) is 3.83. The fraction of sp³-hybridized carbons (Fsp3) is 0.533. The van der Waals surface area contributed by atoms with Crippen LogP contribution in [0.5, 0.6) is 0 Å². The Morgan fingerprint density at radius 1 is 1.47 bits per heavy atom. The standard InChI is InChI=1S/C15H21N3O/c1-11-3-4-13-14(7-11)17-15(16-13)9-18-6-5-12(8-18)10-19-2/h3-4,7,12H,5-6,8-10H2,1-2H3,(H,16,17)/t12-/m0/s1. The third-order valence-corrected chi connectivity index (χ3v) is 3.83. The zero-order valence-corrected chi connectivity index (χ0v) is 11.6. The lowest BCUT2D eigenvalue weighted by molar-refractivity contribution is 0.152. The van der Waals surface area contributed by atoms with Crippen molar-refractivity contribution in [3.8, 4) is 0 Å². The van der Waals surface area contributed by atoms with Gasteiger partial charge < -0.3 is 9.72 Å². The Kier molecular flexibility index (Phi) is 3.53. The van der Waals surface area contributed by atoms with Crippen LogP contribution in [-0.2, 0) is 11.3 Å². The SMILES string of the molecule is COC[C@H]1CCN(Cc2nc3ccc(C)cc3[nH]2)C1. The molecule has 0 saturated carbocycles. The van der Waals surface area contributed by atoms with E-state index in [0.29, 0.717) is 5.92 Å². The molecular formula is C15H21N3O. The second-order valence-corrected chi connectivity index (χ2v) is 5.55. The minimum absolute atomic E-state index is 0.677. The predicted octanol–water partition coefficient (Wildman–Crippen LogP) is 2.34. The van der Waals surface area contributed by atoms with Crippen LogP contribution in [0, 0.1) is 12.8 Å². The number of aromatic nitrogens is 2. The second kappa shape index (κ2) is 5.31. The molecule has 2 heterocycles. The van der Waals surface area contributed by atoms with E-state index >= 15 is 0 Å². The van der Waals surface area contributed by atoms with Crippen molar-refractivity contribution >= 4 is 11.0 Å². The fourth-order valence-electron chi connectivity index (χ4n) is 2.89. The highest BCUT2D eigenvalue weighted by Gasteiger charge is 2.22. The van der Waals surface area contributed by atoms with E-state index in [1.807, 2.05) is 0 Å². The number of fused-ring (bicyclic) bond motifs is 1. The molecule has 0 aliphatic carbocycles. The summed E-state index contributed by atoms with van der Waals surface area (Å²) in [5.74, 6) is 1.75. The number of benzene rings is 1. The van der Waals surface area contributed by atoms with Crippen molar-refractivity contribution in [3.63, 3.8) is 0 Å². The van der Waals surface area contributed by atoms with Crippen LogP contribution in [0.15, 0.2) is 18.2 Å². The van der Waals surface area contributed by atoms with E-state index in [-0.39, 0.29) is 0 Å². The fourth-order valence-corrected chi connectivity index (χ4v) is 2.89. The molecule has 0 unspecified atom stereocenters. The number of imidazole rings is 1. The molecule has 1 aromatic carbocycles. The van der Waals surface area contributed by atoms with Crippen molar-refractivity contribution in [1.29, 1.82) is 0 Å². The van der Waals surface area contributed by atoms with Crippen LogP contribution in [0.2, 0.25) is 0 Å². The molecule has 4 heteroatoms. The summed E-state index contributed by atoms with van der Waals surface area (Å²) < 4.78 is 5.24. The Balaban J connectivity index is 1.68. The number of methoxy groups -OCH3 is 1. The topological polar surface area (TPSA) is 41.1 Å². The van der Waals surface area contributed by atoms with Crippen molar-refractivity contribution in [3.05, 3.63) is 29.6 Å². The van der Waals surface area contributed by atoms with Crippen LogP contribution in [0.4, 0.5) is 0 Å². The number of hydrogen-bond acceptors (Lipinski definition) is 3. The smallest absolute Gasteiger partial charge is 0.121 e. The van der Waals surface area contributed by atoms with E-state index < -0.39 is 0 Å². The molecular weight excluding hydrogens is 238 g/mol. The number of aryl methyl sites for hydroxylation is 1. The van der Waals surface area contributed by atoms with Gasteiger partial charge in [0.05, 0.1) is 24.2 Å². The highest BCUT2D eigenvalue weighted by molar-refractivity contribution is 5.75. The van der Waals surface area contributed by atoms with Gasteiger partial charge in [-0.15, -0.1) is 0 Å². The maximum atomic E-state index is 5.24. The minimum Gasteiger partial charge on any atom is -0.384 e.